The molecule has 0 radical (unpaired) electrons. The lowest BCUT2D eigenvalue weighted by Crippen LogP contribution is -2.47. The molecular weight excluding hydrogens is 240 g/mol. The van der Waals surface area contributed by atoms with Crippen LogP contribution in [0.3, 0.4) is 0 Å². The second-order valence-corrected chi connectivity index (χ2v) is 5.81. The van der Waals surface area contributed by atoms with Gasteiger partial charge in [0.05, 0.1) is 0 Å². The Morgan fingerprint density at radius 2 is 1.68 bits per heavy atom. The van der Waals surface area contributed by atoms with E-state index in [4.69, 9.17) is 0 Å². The monoisotopic (exact) mass is 268 g/mol. The molecule has 2 amide bonds. The molecule has 1 N–H and O–H groups in total. The van der Waals surface area contributed by atoms with Crippen molar-refractivity contribution in [2.24, 2.45) is 17.8 Å². The minimum Gasteiger partial charge on any atom is -0.312 e. The maximum atomic E-state index is 12.1. The molecule has 4 unspecified atom stereocenters. The lowest BCUT2D eigenvalue weighted by atomic mass is 9.98. The molecule has 0 saturated carbocycles. The molecule has 0 aromatic carbocycles. The molecule has 0 bridgehead atoms. The van der Waals surface area contributed by atoms with E-state index in [1.165, 1.54) is 4.90 Å². The van der Waals surface area contributed by atoms with Crippen LogP contribution in [0.4, 0.5) is 0 Å². The molecule has 4 nitrogen and oxygen atoms in total. The third-order valence-electron chi connectivity index (χ3n) is 4.43. The first-order valence-electron chi connectivity index (χ1n) is 7.52. The van der Waals surface area contributed by atoms with Crippen molar-refractivity contribution in [3.63, 3.8) is 0 Å². The van der Waals surface area contributed by atoms with E-state index >= 15 is 0 Å². The maximum Gasteiger partial charge on any atom is 0.232 e. The third kappa shape index (κ3) is 3.56. The Hall–Kier alpha value is -0.900. The fourth-order valence-corrected chi connectivity index (χ4v) is 2.46. The Kier molecular flexibility index (Phi) is 5.98. The van der Waals surface area contributed by atoms with Gasteiger partial charge in [0, 0.05) is 24.4 Å². The Morgan fingerprint density at radius 3 is 2.11 bits per heavy atom. The summed E-state index contributed by atoms with van der Waals surface area (Å²) < 4.78 is 0. The SMILES string of the molecule is CCCNC(CN1C(=O)C(C)C(C)C1=O)C(C)CC. The first kappa shape index (κ1) is 16.2. The minimum absolute atomic E-state index is 0.0101. The maximum absolute atomic E-state index is 12.1. The van der Waals surface area contributed by atoms with E-state index in [-0.39, 0.29) is 29.7 Å². The highest BCUT2D eigenvalue weighted by atomic mass is 16.2. The zero-order chi connectivity index (χ0) is 14.6. The summed E-state index contributed by atoms with van der Waals surface area (Å²) in [7, 11) is 0. The molecule has 19 heavy (non-hydrogen) atoms. The van der Waals surface area contributed by atoms with E-state index in [0.29, 0.717) is 12.5 Å². The average Bonchev–Trinajstić information content (AvgIpc) is 2.59. The van der Waals surface area contributed by atoms with Gasteiger partial charge in [0.25, 0.3) is 0 Å². The van der Waals surface area contributed by atoms with E-state index in [9.17, 15) is 9.59 Å². The summed E-state index contributed by atoms with van der Waals surface area (Å²) >= 11 is 0. The first-order chi connectivity index (χ1) is 8.93. The van der Waals surface area contributed by atoms with Crippen LogP contribution in [0.25, 0.3) is 0 Å². The highest BCUT2D eigenvalue weighted by Gasteiger charge is 2.43. The van der Waals surface area contributed by atoms with Crippen molar-refractivity contribution >= 4 is 11.8 Å². The lowest BCUT2D eigenvalue weighted by molar-refractivity contribution is -0.140. The van der Waals surface area contributed by atoms with Gasteiger partial charge in [0.1, 0.15) is 0 Å². The predicted molar refractivity (Wildman–Crippen MR) is 76.6 cm³/mol. The van der Waals surface area contributed by atoms with Gasteiger partial charge >= 0.3 is 0 Å². The molecule has 1 heterocycles. The van der Waals surface area contributed by atoms with E-state index < -0.39 is 0 Å². The summed E-state index contributed by atoms with van der Waals surface area (Å²) in [5.41, 5.74) is 0. The van der Waals surface area contributed by atoms with Crippen molar-refractivity contribution in [3.05, 3.63) is 0 Å². The number of carbonyl (C=O) groups excluding carboxylic acids is 2. The number of nitrogens with one attached hydrogen (secondary N) is 1. The number of imide groups is 1. The van der Waals surface area contributed by atoms with Crippen LogP contribution >= 0.6 is 0 Å². The zero-order valence-corrected chi connectivity index (χ0v) is 12.9. The summed E-state index contributed by atoms with van der Waals surface area (Å²) in [6.07, 6.45) is 2.10. The molecule has 110 valence electrons. The molecule has 1 aliphatic heterocycles. The van der Waals surface area contributed by atoms with Crippen LogP contribution < -0.4 is 5.32 Å². The topological polar surface area (TPSA) is 49.4 Å². The van der Waals surface area contributed by atoms with Crippen molar-refractivity contribution in [3.8, 4) is 0 Å². The van der Waals surface area contributed by atoms with Crippen LogP contribution in [-0.4, -0.2) is 35.8 Å². The molecule has 0 aromatic heterocycles. The van der Waals surface area contributed by atoms with Gasteiger partial charge in [-0.05, 0) is 18.9 Å². The largest absolute Gasteiger partial charge is 0.312 e. The Morgan fingerprint density at radius 1 is 1.16 bits per heavy atom. The molecule has 0 aromatic rings. The highest BCUT2D eigenvalue weighted by Crippen LogP contribution is 2.26. The van der Waals surface area contributed by atoms with Gasteiger partial charge in [0.2, 0.25) is 11.8 Å². The van der Waals surface area contributed by atoms with Gasteiger partial charge in [-0.1, -0.05) is 41.0 Å². The molecule has 1 fully saturated rings. The highest BCUT2D eigenvalue weighted by molar-refractivity contribution is 6.04. The number of hydrogen-bond acceptors (Lipinski definition) is 3. The summed E-state index contributed by atoms with van der Waals surface area (Å²) in [5, 5.41) is 3.47. The molecule has 4 atom stereocenters. The molecule has 1 saturated heterocycles. The van der Waals surface area contributed by atoms with Crippen LogP contribution in [0.15, 0.2) is 0 Å². The summed E-state index contributed by atoms with van der Waals surface area (Å²) in [6.45, 7) is 11.6. The van der Waals surface area contributed by atoms with E-state index in [1.807, 2.05) is 13.8 Å². The Labute approximate surface area is 116 Å². The smallest absolute Gasteiger partial charge is 0.232 e. The fourth-order valence-electron chi connectivity index (χ4n) is 2.46. The third-order valence-corrected chi connectivity index (χ3v) is 4.43. The van der Waals surface area contributed by atoms with Crippen LogP contribution in [0.5, 0.6) is 0 Å². The molecule has 4 heteroatoms. The van der Waals surface area contributed by atoms with Crippen molar-refractivity contribution in [2.75, 3.05) is 13.1 Å². The van der Waals surface area contributed by atoms with Crippen molar-refractivity contribution in [1.82, 2.24) is 10.2 Å². The van der Waals surface area contributed by atoms with E-state index in [0.717, 1.165) is 19.4 Å². The molecule has 1 rings (SSSR count). The van der Waals surface area contributed by atoms with Crippen LogP contribution in [-0.2, 0) is 9.59 Å². The summed E-state index contributed by atoms with van der Waals surface area (Å²) in [6, 6.07) is 0.204. The second-order valence-electron chi connectivity index (χ2n) is 5.81. The number of rotatable bonds is 7. The second kappa shape index (κ2) is 7.04. The van der Waals surface area contributed by atoms with Crippen LogP contribution in [0.2, 0.25) is 0 Å². The molecule has 1 aliphatic rings. The lowest BCUT2D eigenvalue weighted by Gasteiger charge is -2.28. The fraction of sp³-hybridized carbons (Fsp3) is 0.867. The predicted octanol–water partition coefficient (Wildman–Crippen LogP) is 2.04. The van der Waals surface area contributed by atoms with Gasteiger partial charge < -0.3 is 5.32 Å². The number of carbonyl (C=O) groups is 2. The minimum atomic E-state index is -0.170. The van der Waals surface area contributed by atoms with Crippen molar-refractivity contribution in [2.45, 2.75) is 53.5 Å². The van der Waals surface area contributed by atoms with Crippen LogP contribution in [0.1, 0.15) is 47.5 Å². The van der Waals surface area contributed by atoms with Gasteiger partial charge in [-0.25, -0.2) is 0 Å². The normalized spacial score (nSPS) is 26.9. The van der Waals surface area contributed by atoms with Crippen molar-refractivity contribution < 1.29 is 9.59 Å². The van der Waals surface area contributed by atoms with Gasteiger partial charge in [-0.3, -0.25) is 14.5 Å². The molecular formula is C15H28N2O2. The van der Waals surface area contributed by atoms with Crippen LogP contribution in [0, 0.1) is 17.8 Å². The number of hydrogen-bond donors (Lipinski definition) is 1. The standard InChI is InChI=1S/C15H28N2O2/c1-6-8-16-13(10(3)7-2)9-17-14(18)11(4)12(5)15(17)19/h10-13,16H,6-9H2,1-5H3. The van der Waals surface area contributed by atoms with Gasteiger partial charge in [-0.2, -0.15) is 0 Å². The summed E-state index contributed by atoms with van der Waals surface area (Å²) in [5.74, 6) is 0.0964. The quantitative estimate of drug-likeness (QED) is 0.719. The van der Waals surface area contributed by atoms with E-state index in [1.54, 1.807) is 0 Å². The van der Waals surface area contributed by atoms with Crippen molar-refractivity contribution in [1.29, 1.82) is 0 Å². The zero-order valence-electron chi connectivity index (χ0n) is 12.9. The summed E-state index contributed by atoms with van der Waals surface area (Å²) in [4.78, 5) is 25.7. The average molecular weight is 268 g/mol. The number of nitrogens with zero attached hydrogens (tertiary/aromatic N) is 1. The molecule has 0 aliphatic carbocycles. The number of likely N-dealkylation sites (tertiary alicyclic amines) is 1. The van der Waals surface area contributed by atoms with Gasteiger partial charge in [-0.15, -0.1) is 0 Å². The van der Waals surface area contributed by atoms with Gasteiger partial charge in [0.15, 0.2) is 0 Å². The Balaban J connectivity index is 2.73. The molecule has 0 spiro atoms. The number of amides is 2. The Bertz CT molecular complexity index is 310. The van der Waals surface area contributed by atoms with E-state index in [2.05, 4.69) is 26.1 Å². The first-order valence-corrected chi connectivity index (χ1v) is 7.52.